The molecule has 1 aromatic carbocycles. The van der Waals surface area contributed by atoms with Gasteiger partial charge >= 0.3 is 0 Å². The van der Waals surface area contributed by atoms with Crippen LogP contribution in [0, 0.1) is 0 Å². The molecule has 0 atom stereocenters. The number of rotatable bonds is 7. The van der Waals surface area contributed by atoms with Crippen molar-refractivity contribution >= 4 is 20.1 Å². The summed E-state index contributed by atoms with van der Waals surface area (Å²) >= 11 is 0. The molecule has 5 heteroatoms. The van der Waals surface area contributed by atoms with Crippen molar-refractivity contribution in [3.05, 3.63) is 63.2 Å². The van der Waals surface area contributed by atoms with Crippen LogP contribution in [0.4, 0.5) is 5.69 Å². The molecule has 140 valence electrons. The molecule has 0 N–H and O–H groups in total. The molecule has 0 aliphatic heterocycles. The third kappa shape index (κ3) is 6.70. The fourth-order valence-corrected chi connectivity index (χ4v) is 3.07. The summed E-state index contributed by atoms with van der Waals surface area (Å²) in [5.41, 5.74) is 15.6. The van der Waals surface area contributed by atoms with E-state index in [4.69, 9.17) is 9.96 Å². The highest BCUT2D eigenvalue weighted by Crippen LogP contribution is 2.36. The van der Waals surface area contributed by atoms with Crippen LogP contribution in [0.3, 0.4) is 0 Å². The number of allylic oxidation sites excluding steroid dienone is 2. The summed E-state index contributed by atoms with van der Waals surface area (Å²) in [5, 5.41) is 3.95. The predicted octanol–water partition coefficient (Wildman–Crippen LogP) is 7.55. The van der Waals surface area contributed by atoms with Crippen molar-refractivity contribution in [3.63, 3.8) is 0 Å². The van der Waals surface area contributed by atoms with E-state index in [1.165, 1.54) is 5.57 Å². The zero-order chi connectivity index (χ0) is 19.8. The Labute approximate surface area is 159 Å². The van der Waals surface area contributed by atoms with Crippen LogP contribution in [0.15, 0.2) is 52.3 Å². The highest BCUT2D eigenvalue weighted by molar-refractivity contribution is 6.74. The highest BCUT2D eigenvalue weighted by Gasteiger charge is 2.36. The third-order valence-corrected chi connectivity index (χ3v) is 9.50. The second-order valence-corrected chi connectivity index (χ2v) is 12.8. The van der Waals surface area contributed by atoms with E-state index in [1.807, 2.05) is 31.2 Å². The van der Waals surface area contributed by atoms with Gasteiger partial charge in [-0.25, -0.2) is 0 Å². The summed E-state index contributed by atoms with van der Waals surface area (Å²) in [6.45, 7) is 16.2. The van der Waals surface area contributed by atoms with Crippen molar-refractivity contribution in [2.75, 3.05) is 6.61 Å². The van der Waals surface area contributed by atoms with Gasteiger partial charge in [0.1, 0.15) is 0 Å². The molecule has 0 amide bonds. The molecule has 0 fully saturated rings. The number of nitrogens with zero attached hydrogens (tertiary/aromatic N) is 3. The smallest absolute Gasteiger partial charge is 0.191 e. The van der Waals surface area contributed by atoms with Crippen LogP contribution < -0.4 is 0 Å². The second kappa shape index (κ2) is 9.61. The highest BCUT2D eigenvalue weighted by atomic mass is 28.4. The maximum atomic E-state index is 8.64. The largest absolute Gasteiger partial charge is 0.417 e. The summed E-state index contributed by atoms with van der Waals surface area (Å²) in [6.07, 6.45) is 4.96. The average Bonchev–Trinajstić information content (AvgIpc) is 2.56. The molecular formula is C21H31N3OSi. The molecule has 0 unspecified atom stereocenters. The summed E-state index contributed by atoms with van der Waals surface area (Å²) in [7, 11) is -1.68. The Morgan fingerprint density at radius 1 is 1.27 bits per heavy atom. The summed E-state index contributed by atoms with van der Waals surface area (Å²) in [6, 6.07) is 7.48. The lowest BCUT2D eigenvalue weighted by Gasteiger charge is -2.36. The lowest BCUT2D eigenvalue weighted by Crippen LogP contribution is -2.40. The van der Waals surface area contributed by atoms with Crippen molar-refractivity contribution in [1.82, 2.24) is 0 Å². The molecule has 0 aliphatic rings. The first kappa shape index (κ1) is 22.0. The average molecular weight is 370 g/mol. The van der Waals surface area contributed by atoms with Crippen LogP contribution in [0.25, 0.3) is 16.5 Å². The zero-order valence-corrected chi connectivity index (χ0v) is 18.1. The first-order valence-corrected chi connectivity index (χ1v) is 11.9. The summed E-state index contributed by atoms with van der Waals surface area (Å²) in [5.74, 6) is 0. The number of hydrogen-bond donors (Lipinski definition) is 0. The van der Waals surface area contributed by atoms with Gasteiger partial charge in [0.25, 0.3) is 0 Å². The van der Waals surface area contributed by atoms with Crippen LogP contribution in [-0.4, -0.2) is 14.9 Å². The molecule has 0 saturated heterocycles. The molecule has 0 aromatic heterocycles. The van der Waals surface area contributed by atoms with Crippen molar-refractivity contribution in [2.24, 2.45) is 5.11 Å². The molecule has 26 heavy (non-hydrogen) atoms. The van der Waals surface area contributed by atoms with E-state index in [0.29, 0.717) is 5.69 Å². The normalized spacial score (nSPS) is 12.2. The number of azide groups is 1. The molecule has 0 radical (unpaired) electrons. The third-order valence-electron chi connectivity index (χ3n) is 4.96. The fraction of sp³-hybridized carbons (Fsp3) is 0.476. The van der Waals surface area contributed by atoms with Gasteiger partial charge in [0.15, 0.2) is 8.32 Å². The maximum absolute atomic E-state index is 8.64. The monoisotopic (exact) mass is 369 g/mol. The fourth-order valence-electron chi connectivity index (χ4n) is 2.01. The lowest BCUT2D eigenvalue weighted by molar-refractivity contribution is 0.294. The Morgan fingerprint density at radius 3 is 2.54 bits per heavy atom. The van der Waals surface area contributed by atoms with E-state index in [2.05, 4.69) is 62.6 Å². The molecule has 1 aromatic rings. The molecule has 0 bridgehead atoms. The quantitative estimate of drug-likeness (QED) is 0.0931. The molecule has 4 nitrogen and oxygen atoms in total. The Kier molecular flexibility index (Phi) is 8.13. The Morgan fingerprint density at radius 2 is 1.92 bits per heavy atom. The van der Waals surface area contributed by atoms with Crippen molar-refractivity contribution in [3.8, 4) is 0 Å². The van der Waals surface area contributed by atoms with Gasteiger partial charge in [-0.15, -0.1) is 5.73 Å². The standard InChI is InChI=1S/C21H31N3OSi/c1-17(11-10-16-25-26(6,7)21(3,4)5)18(2)14-15-19-12-8-9-13-20(19)23-24-22/h8-9,11-13,15H,10,16H2,1-7H3/b17-11+. The second-order valence-electron chi connectivity index (χ2n) is 7.95. The van der Waals surface area contributed by atoms with Gasteiger partial charge in [-0.1, -0.05) is 56.2 Å². The van der Waals surface area contributed by atoms with Crippen LogP contribution in [-0.2, 0) is 4.43 Å². The Hall–Kier alpha value is -2.03. The van der Waals surface area contributed by atoms with Gasteiger partial charge in [-0.2, -0.15) is 0 Å². The van der Waals surface area contributed by atoms with Gasteiger partial charge in [-0.05, 0) is 66.7 Å². The van der Waals surface area contributed by atoms with Crippen molar-refractivity contribution in [2.45, 2.75) is 59.2 Å². The summed E-state index contributed by atoms with van der Waals surface area (Å²) in [4.78, 5) is 2.86. The van der Waals surface area contributed by atoms with Crippen LogP contribution in [0.5, 0.6) is 0 Å². The van der Waals surface area contributed by atoms with Crippen LogP contribution in [0.2, 0.25) is 18.1 Å². The van der Waals surface area contributed by atoms with Gasteiger partial charge in [0.2, 0.25) is 0 Å². The first-order valence-electron chi connectivity index (χ1n) is 8.97. The number of hydrogen-bond acceptors (Lipinski definition) is 2. The van der Waals surface area contributed by atoms with Crippen molar-refractivity contribution in [1.29, 1.82) is 0 Å². The first-order chi connectivity index (χ1) is 12.1. The Bertz CT molecular complexity index is 760. The summed E-state index contributed by atoms with van der Waals surface area (Å²) < 4.78 is 6.21. The van der Waals surface area contributed by atoms with Gasteiger partial charge in [-0.3, -0.25) is 0 Å². The Balaban J connectivity index is 2.78. The van der Waals surface area contributed by atoms with E-state index >= 15 is 0 Å². The van der Waals surface area contributed by atoms with E-state index in [9.17, 15) is 0 Å². The van der Waals surface area contributed by atoms with Crippen LogP contribution in [0.1, 0.15) is 46.6 Å². The van der Waals surface area contributed by atoms with Gasteiger partial charge in [0, 0.05) is 17.2 Å². The van der Waals surface area contributed by atoms with E-state index in [0.717, 1.165) is 24.2 Å². The topological polar surface area (TPSA) is 58.0 Å². The van der Waals surface area contributed by atoms with E-state index < -0.39 is 8.32 Å². The van der Waals surface area contributed by atoms with Crippen LogP contribution >= 0.6 is 0 Å². The molecule has 0 heterocycles. The maximum Gasteiger partial charge on any atom is 0.191 e. The van der Waals surface area contributed by atoms with Gasteiger partial charge in [0.05, 0.1) is 0 Å². The molecule has 1 rings (SSSR count). The van der Waals surface area contributed by atoms with E-state index in [-0.39, 0.29) is 5.04 Å². The number of benzene rings is 1. The molecular weight excluding hydrogens is 338 g/mol. The molecule has 0 saturated carbocycles. The lowest BCUT2D eigenvalue weighted by atomic mass is 10.1. The minimum absolute atomic E-state index is 0.240. The predicted molar refractivity (Wildman–Crippen MR) is 114 cm³/mol. The van der Waals surface area contributed by atoms with Gasteiger partial charge < -0.3 is 4.43 Å². The minimum atomic E-state index is -1.68. The molecule has 0 spiro atoms. The molecule has 0 aliphatic carbocycles. The minimum Gasteiger partial charge on any atom is -0.417 e. The zero-order valence-electron chi connectivity index (χ0n) is 17.1. The van der Waals surface area contributed by atoms with E-state index in [1.54, 1.807) is 6.07 Å². The SMILES string of the molecule is CC(=C=Cc1ccccc1N=[N+]=[N-])/C(C)=C/CCO[Si](C)(C)C(C)(C)C. The van der Waals surface area contributed by atoms with Crippen molar-refractivity contribution < 1.29 is 4.43 Å².